The zero-order valence-electron chi connectivity index (χ0n) is 9.92. The van der Waals surface area contributed by atoms with Crippen molar-refractivity contribution in [1.82, 2.24) is 5.32 Å². The Morgan fingerprint density at radius 2 is 2.56 bits per heavy atom. The number of anilines is 1. The van der Waals surface area contributed by atoms with Crippen molar-refractivity contribution in [2.75, 3.05) is 31.7 Å². The minimum absolute atomic E-state index is 0.00923. The van der Waals surface area contributed by atoms with Crippen LogP contribution in [-0.4, -0.2) is 44.9 Å². The minimum Gasteiger partial charge on any atom is -0.442 e. The van der Waals surface area contributed by atoms with Gasteiger partial charge in [0.05, 0.1) is 13.1 Å². The average Bonchev–Trinajstić information content (AvgIpc) is 2.95. The van der Waals surface area contributed by atoms with E-state index < -0.39 is 0 Å². The quantitative estimate of drug-likeness (QED) is 0.860. The van der Waals surface area contributed by atoms with Gasteiger partial charge in [-0.25, -0.2) is 4.79 Å². The van der Waals surface area contributed by atoms with E-state index >= 15 is 0 Å². The summed E-state index contributed by atoms with van der Waals surface area (Å²) in [6.07, 6.45) is -0.691. The summed E-state index contributed by atoms with van der Waals surface area (Å²) in [5.74, 6) is -0.219. The number of amides is 2. The first-order chi connectivity index (χ1) is 8.70. The highest BCUT2D eigenvalue weighted by Gasteiger charge is 2.32. The molecule has 1 N–H and O–H groups in total. The highest BCUT2D eigenvalue weighted by Crippen LogP contribution is 2.25. The van der Waals surface area contributed by atoms with Crippen LogP contribution in [0.4, 0.5) is 9.80 Å². The maximum absolute atomic E-state index is 11.6. The molecule has 1 unspecified atom stereocenters. The van der Waals surface area contributed by atoms with Crippen molar-refractivity contribution in [1.29, 1.82) is 0 Å². The zero-order chi connectivity index (χ0) is 13.0. The van der Waals surface area contributed by atoms with Gasteiger partial charge in [-0.05, 0) is 17.5 Å². The van der Waals surface area contributed by atoms with E-state index in [0.29, 0.717) is 13.1 Å². The van der Waals surface area contributed by atoms with E-state index in [4.69, 9.17) is 9.47 Å². The summed E-state index contributed by atoms with van der Waals surface area (Å²) in [4.78, 5) is 24.4. The van der Waals surface area contributed by atoms with Gasteiger partial charge in [0.25, 0.3) is 0 Å². The Hall–Kier alpha value is -1.60. The van der Waals surface area contributed by atoms with Crippen molar-refractivity contribution in [3.05, 3.63) is 17.5 Å². The van der Waals surface area contributed by atoms with Crippen LogP contribution in [0.25, 0.3) is 0 Å². The molecular weight excluding hydrogens is 256 g/mol. The zero-order valence-corrected chi connectivity index (χ0v) is 10.7. The summed E-state index contributed by atoms with van der Waals surface area (Å²) in [5.41, 5.74) is 0. The van der Waals surface area contributed by atoms with Crippen molar-refractivity contribution in [2.24, 2.45) is 0 Å². The molecule has 18 heavy (non-hydrogen) atoms. The highest BCUT2D eigenvalue weighted by molar-refractivity contribution is 7.14. The molecule has 0 radical (unpaired) electrons. The minimum atomic E-state index is -0.372. The standard InChI is InChI=1S/C11H14N2O4S/c1-16-7-9(14)12-5-8-6-13(11(15)17-8)10-3-2-4-18-10/h2-4,8H,5-7H2,1H3,(H,12,14). The van der Waals surface area contributed by atoms with Crippen LogP contribution in [0.3, 0.4) is 0 Å². The Kier molecular flexibility index (Phi) is 4.16. The van der Waals surface area contributed by atoms with Crippen LogP contribution >= 0.6 is 11.3 Å². The lowest BCUT2D eigenvalue weighted by Gasteiger charge is -2.10. The Bertz CT molecular complexity index is 421. The molecule has 0 aliphatic carbocycles. The molecule has 0 aromatic carbocycles. The van der Waals surface area contributed by atoms with E-state index in [1.165, 1.54) is 18.4 Å². The molecule has 2 amide bonds. The number of cyclic esters (lactones) is 1. The van der Waals surface area contributed by atoms with E-state index in [1.807, 2.05) is 17.5 Å². The molecule has 1 aromatic heterocycles. The van der Waals surface area contributed by atoms with Gasteiger partial charge < -0.3 is 14.8 Å². The molecule has 7 heteroatoms. The highest BCUT2D eigenvalue weighted by atomic mass is 32.1. The van der Waals surface area contributed by atoms with Crippen molar-refractivity contribution in [2.45, 2.75) is 6.10 Å². The SMILES string of the molecule is COCC(=O)NCC1CN(c2cccs2)C(=O)O1. The number of thiophene rings is 1. The number of nitrogens with zero attached hydrogens (tertiary/aromatic N) is 1. The normalized spacial score (nSPS) is 18.8. The van der Waals surface area contributed by atoms with Crippen LogP contribution in [-0.2, 0) is 14.3 Å². The second kappa shape index (κ2) is 5.83. The van der Waals surface area contributed by atoms with Crippen LogP contribution in [0.15, 0.2) is 17.5 Å². The Balaban J connectivity index is 1.84. The Labute approximate surface area is 108 Å². The third-order valence-corrected chi connectivity index (χ3v) is 3.34. The number of carbonyl (C=O) groups is 2. The Morgan fingerprint density at radius 3 is 3.22 bits per heavy atom. The molecule has 98 valence electrons. The third-order valence-electron chi connectivity index (χ3n) is 2.45. The summed E-state index contributed by atoms with van der Waals surface area (Å²) < 4.78 is 9.86. The van der Waals surface area contributed by atoms with E-state index in [2.05, 4.69) is 5.32 Å². The summed E-state index contributed by atoms with van der Waals surface area (Å²) in [7, 11) is 1.45. The first kappa shape index (κ1) is 12.8. The van der Waals surface area contributed by atoms with E-state index in [1.54, 1.807) is 4.90 Å². The van der Waals surface area contributed by atoms with Gasteiger partial charge >= 0.3 is 6.09 Å². The first-order valence-electron chi connectivity index (χ1n) is 5.48. The van der Waals surface area contributed by atoms with E-state index in [9.17, 15) is 9.59 Å². The van der Waals surface area contributed by atoms with Crippen molar-refractivity contribution < 1.29 is 19.1 Å². The number of hydrogen-bond acceptors (Lipinski definition) is 5. The molecule has 1 atom stereocenters. The summed E-state index contributed by atoms with van der Waals surface area (Å²) in [6, 6.07) is 3.73. The maximum Gasteiger partial charge on any atom is 0.415 e. The number of nitrogens with one attached hydrogen (secondary N) is 1. The fraction of sp³-hybridized carbons (Fsp3) is 0.455. The first-order valence-corrected chi connectivity index (χ1v) is 6.36. The van der Waals surface area contributed by atoms with Crippen LogP contribution in [0.5, 0.6) is 0 Å². The molecule has 0 saturated carbocycles. The monoisotopic (exact) mass is 270 g/mol. The fourth-order valence-electron chi connectivity index (χ4n) is 1.64. The predicted molar refractivity (Wildman–Crippen MR) is 66.8 cm³/mol. The molecule has 6 nitrogen and oxygen atoms in total. The lowest BCUT2D eigenvalue weighted by Crippen LogP contribution is -2.36. The van der Waals surface area contributed by atoms with Crippen molar-refractivity contribution >= 4 is 28.3 Å². The molecule has 0 bridgehead atoms. The third kappa shape index (κ3) is 2.99. The van der Waals surface area contributed by atoms with Gasteiger partial charge in [-0.1, -0.05) is 0 Å². The molecular formula is C11H14N2O4S. The van der Waals surface area contributed by atoms with E-state index in [-0.39, 0.29) is 24.7 Å². The second-order valence-corrected chi connectivity index (χ2v) is 4.73. The van der Waals surface area contributed by atoms with Gasteiger partial charge in [0.15, 0.2) is 0 Å². The number of carbonyl (C=O) groups excluding carboxylic acids is 2. The van der Waals surface area contributed by atoms with Gasteiger partial charge in [-0.3, -0.25) is 9.69 Å². The summed E-state index contributed by atoms with van der Waals surface area (Å²) in [6.45, 7) is 0.762. The van der Waals surface area contributed by atoms with Gasteiger partial charge in [-0.2, -0.15) is 0 Å². The predicted octanol–water partition coefficient (Wildman–Crippen LogP) is 0.836. The van der Waals surface area contributed by atoms with Crippen LogP contribution < -0.4 is 10.2 Å². The van der Waals surface area contributed by atoms with Gasteiger partial charge in [0.1, 0.15) is 17.7 Å². The smallest absolute Gasteiger partial charge is 0.415 e. The topological polar surface area (TPSA) is 67.9 Å². The molecule has 1 aromatic rings. The molecule has 1 aliphatic heterocycles. The summed E-state index contributed by atoms with van der Waals surface area (Å²) in [5, 5.41) is 5.40. The average molecular weight is 270 g/mol. The van der Waals surface area contributed by atoms with Crippen LogP contribution in [0.1, 0.15) is 0 Å². The lowest BCUT2D eigenvalue weighted by molar-refractivity contribution is -0.125. The van der Waals surface area contributed by atoms with Crippen LogP contribution in [0, 0.1) is 0 Å². The van der Waals surface area contributed by atoms with E-state index in [0.717, 1.165) is 5.00 Å². The van der Waals surface area contributed by atoms with Gasteiger partial charge in [-0.15, -0.1) is 11.3 Å². The van der Waals surface area contributed by atoms with Gasteiger partial charge in [0, 0.05) is 7.11 Å². The van der Waals surface area contributed by atoms with Crippen molar-refractivity contribution in [3.8, 4) is 0 Å². The van der Waals surface area contributed by atoms with Gasteiger partial charge in [0.2, 0.25) is 5.91 Å². The van der Waals surface area contributed by atoms with Crippen LogP contribution in [0.2, 0.25) is 0 Å². The van der Waals surface area contributed by atoms with Crippen molar-refractivity contribution in [3.63, 3.8) is 0 Å². The largest absolute Gasteiger partial charge is 0.442 e. The molecule has 2 heterocycles. The lowest BCUT2D eigenvalue weighted by atomic mass is 10.3. The number of rotatable bonds is 5. The Morgan fingerprint density at radius 1 is 1.72 bits per heavy atom. The summed E-state index contributed by atoms with van der Waals surface area (Å²) >= 11 is 1.48. The molecule has 2 rings (SSSR count). The number of ether oxygens (including phenoxy) is 2. The number of methoxy groups -OCH3 is 1. The number of hydrogen-bond donors (Lipinski definition) is 1. The second-order valence-electron chi connectivity index (χ2n) is 3.80. The molecule has 1 saturated heterocycles. The molecule has 1 fully saturated rings. The molecule has 1 aliphatic rings. The molecule has 0 spiro atoms. The fourth-order valence-corrected chi connectivity index (χ4v) is 2.37. The maximum atomic E-state index is 11.6.